The van der Waals surface area contributed by atoms with E-state index in [1.54, 1.807) is 6.07 Å². The Kier molecular flexibility index (Phi) is 7.84. The van der Waals surface area contributed by atoms with Crippen LogP contribution in [-0.2, 0) is 6.18 Å². The summed E-state index contributed by atoms with van der Waals surface area (Å²) >= 11 is 0. The summed E-state index contributed by atoms with van der Waals surface area (Å²) < 4.78 is 44.8. The van der Waals surface area contributed by atoms with Crippen LogP contribution >= 0.6 is 0 Å². The number of anilines is 1. The monoisotopic (exact) mass is 436 g/mol. The van der Waals surface area contributed by atoms with Gasteiger partial charge in [-0.15, -0.1) is 0 Å². The van der Waals surface area contributed by atoms with Gasteiger partial charge in [-0.2, -0.15) is 13.2 Å². The molecule has 0 aliphatic carbocycles. The van der Waals surface area contributed by atoms with E-state index in [4.69, 9.17) is 4.74 Å². The highest BCUT2D eigenvalue weighted by molar-refractivity contribution is 5.49. The normalized spacial score (nSPS) is 17.4. The summed E-state index contributed by atoms with van der Waals surface area (Å²) in [6.45, 7) is 7.56. The molecular weight excluding hydrogens is 405 g/mol. The van der Waals surface area contributed by atoms with E-state index in [0.29, 0.717) is 44.3 Å². The van der Waals surface area contributed by atoms with Gasteiger partial charge >= 0.3 is 6.18 Å². The van der Waals surface area contributed by atoms with E-state index < -0.39 is 17.8 Å². The van der Waals surface area contributed by atoms with Gasteiger partial charge in [0, 0.05) is 38.4 Å². The van der Waals surface area contributed by atoms with E-state index in [1.165, 1.54) is 12.1 Å². The zero-order chi connectivity index (χ0) is 22.4. The molecule has 1 aliphatic rings. The zero-order valence-corrected chi connectivity index (χ0v) is 18.1. The molecular formula is C24H31F3N2O2. The predicted molar refractivity (Wildman–Crippen MR) is 117 cm³/mol. The number of rotatable bonds is 8. The number of halogens is 3. The number of hydrogen-bond donors (Lipinski definition) is 1. The molecule has 0 amide bonds. The molecule has 0 unspecified atom stereocenters. The minimum Gasteiger partial charge on any atom is -0.491 e. The number of benzene rings is 2. The molecule has 1 aliphatic heterocycles. The fraction of sp³-hybridized carbons (Fsp3) is 0.500. The Balaban J connectivity index is 1.48. The Bertz CT molecular complexity index is 836. The molecule has 4 nitrogen and oxygen atoms in total. The van der Waals surface area contributed by atoms with Gasteiger partial charge in [-0.25, -0.2) is 0 Å². The number of aliphatic hydroxyl groups is 1. The summed E-state index contributed by atoms with van der Waals surface area (Å²) in [5, 5.41) is 10.5. The highest BCUT2D eigenvalue weighted by atomic mass is 19.4. The van der Waals surface area contributed by atoms with Crippen LogP contribution < -0.4 is 9.64 Å². The summed E-state index contributed by atoms with van der Waals surface area (Å²) in [6, 6.07) is 13.4. The Hall–Kier alpha value is -2.25. The topological polar surface area (TPSA) is 35.9 Å². The molecule has 0 saturated carbocycles. The lowest BCUT2D eigenvalue weighted by atomic mass is 9.98. The van der Waals surface area contributed by atoms with Gasteiger partial charge in [0.15, 0.2) is 0 Å². The standard InChI is InChI=1S/C24H31F3N2O2/c1-3-18(2)22-9-4-5-10-23(22)31-17-21(30)16-28-11-13-29(14-12-28)20-8-6-7-19(15-20)24(25,26)27/h4-10,15,18,21,30H,3,11-14,16-17H2,1-2H3/t18-,21+/m0/s1. The molecule has 31 heavy (non-hydrogen) atoms. The first-order valence-electron chi connectivity index (χ1n) is 10.8. The third-order valence-corrected chi connectivity index (χ3v) is 5.87. The van der Waals surface area contributed by atoms with Crippen LogP contribution in [0.4, 0.5) is 18.9 Å². The van der Waals surface area contributed by atoms with Gasteiger partial charge < -0.3 is 14.7 Å². The lowest BCUT2D eigenvalue weighted by molar-refractivity contribution is -0.137. The largest absolute Gasteiger partial charge is 0.491 e. The van der Waals surface area contributed by atoms with Crippen LogP contribution in [0.15, 0.2) is 48.5 Å². The summed E-state index contributed by atoms with van der Waals surface area (Å²) in [4.78, 5) is 4.08. The van der Waals surface area contributed by atoms with Gasteiger partial charge in [-0.3, -0.25) is 4.90 Å². The van der Waals surface area contributed by atoms with Crippen LogP contribution in [0.5, 0.6) is 5.75 Å². The first-order chi connectivity index (χ1) is 14.8. The molecule has 0 aromatic heterocycles. The molecule has 2 aromatic carbocycles. The van der Waals surface area contributed by atoms with E-state index in [-0.39, 0.29) is 6.61 Å². The van der Waals surface area contributed by atoms with E-state index in [1.807, 2.05) is 23.1 Å². The molecule has 0 spiro atoms. The number of ether oxygens (including phenoxy) is 1. The van der Waals surface area contributed by atoms with Crippen molar-refractivity contribution in [3.63, 3.8) is 0 Å². The average molecular weight is 437 g/mol. The minimum absolute atomic E-state index is 0.210. The smallest absolute Gasteiger partial charge is 0.416 e. The van der Waals surface area contributed by atoms with Gasteiger partial charge in [-0.1, -0.05) is 38.1 Å². The van der Waals surface area contributed by atoms with Crippen LogP contribution in [0.3, 0.4) is 0 Å². The van der Waals surface area contributed by atoms with Crippen molar-refractivity contribution in [2.45, 2.75) is 38.5 Å². The molecule has 2 aromatic rings. The molecule has 1 heterocycles. The maximum atomic E-state index is 13.0. The van der Waals surface area contributed by atoms with Crippen molar-refractivity contribution >= 4 is 5.69 Å². The Morgan fingerprint density at radius 1 is 1.03 bits per heavy atom. The second-order valence-corrected chi connectivity index (χ2v) is 8.15. The highest BCUT2D eigenvalue weighted by Gasteiger charge is 2.31. The number of hydrogen-bond acceptors (Lipinski definition) is 4. The van der Waals surface area contributed by atoms with Gasteiger partial charge in [0.1, 0.15) is 18.5 Å². The summed E-state index contributed by atoms with van der Waals surface area (Å²) in [6.07, 6.45) is -3.96. The summed E-state index contributed by atoms with van der Waals surface area (Å²) in [5.41, 5.74) is 1.10. The van der Waals surface area contributed by atoms with E-state index in [0.717, 1.165) is 23.8 Å². The number of para-hydroxylation sites is 1. The lowest BCUT2D eigenvalue weighted by Gasteiger charge is -2.37. The number of alkyl halides is 3. The van der Waals surface area contributed by atoms with Crippen molar-refractivity contribution in [3.8, 4) is 5.75 Å². The van der Waals surface area contributed by atoms with Crippen molar-refractivity contribution in [2.24, 2.45) is 0 Å². The number of nitrogens with zero attached hydrogens (tertiary/aromatic N) is 2. The van der Waals surface area contributed by atoms with Crippen LogP contribution in [0, 0.1) is 0 Å². The third-order valence-electron chi connectivity index (χ3n) is 5.87. The van der Waals surface area contributed by atoms with Gasteiger partial charge in [0.2, 0.25) is 0 Å². The van der Waals surface area contributed by atoms with Crippen molar-refractivity contribution in [2.75, 3.05) is 44.2 Å². The lowest BCUT2D eigenvalue weighted by Crippen LogP contribution is -2.49. The Morgan fingerprint density at radius 2 is 1.74 bits per heavy atom. The molecule has 3 rings (SSSR count). The van der Waals surface area contributed by atoms with Gasteiger partial charge in [-0.05, 0) is 42.2 Å². The minimum atomic E-state index is -4.34. The number of β-amino-alcohol motifs (C(OH)–C–C–N with tert-alkyl or cyclic N) is 1. The molecule has 0 radical (unpaired) electrons. The first-order valence-corrected chi connectivity index (χ1v) is 10.8. The highest BCUT2D eigenvalue weighted by Crippen LogP contribution is 2.32. The molecule has 7 heteroatoms. The summed E-state index contributed by atoms with van der Waals surface area (Å²) in [7, 11) is 0. The maximum absolute atomic E-state index is 13.0. The fourth-order valence-electron chi connectivity index (χ4n) is 3.84. The molecule has 170 valence electrons. The zero-order valence-electron chi connectivity index (χ0n) is 18.1. The second kappa shape index (κ2) is 10.4. The van der Waals surface area contributed by atoms with Crippen LogP contribution in [0.1, 0.15) is 37.3 Å². The molecule has 1 fully saturated rings. The molecule has 0 bridgehead atoms. The third kappa shape index (κ3) is 6.37. The van der Waals surface area contributed by atoms with Crippen molar-refractivity contribution < 1.29 is 23.0 Å². The van der Waals surface area contributed by atoms with Crippen LogP contribution in [0.2, 0.25) is 0 Å². The van der Waals surface area contributed by atoms with E-state index in [9.17, 15) is 18.3 Å². The van der Waals surface area contributed by atoms with Crippen LogP contribution in [-0.4, -0.2) is 55.4 Å². The SMILES string of the molecule is CC[C@H](C)c1ccccc1OC[C@H](O)CN1CCN(c2cccc(C(F)(F)F)c2)CC1. The van der Waals surface area contributed by atoms with Crippen molar-refractivity contribution in [1.29, 1.82) is 0 Å². The van der Waals surface area contributed by atoms with Crippen molar-refractivity contribution in [3.05, 3.63) is 59.7 Å². The number of aliphatic hydroxyl groups excluding tert-OH is 1. The Labute approximate surface area is 182 Å². The molecule has 1 saturated heterocycles. The average Bonchev–Trinajstić information content (AvgIpc) is 2.77. The van der Waals surface area contributed by atoms with Gasteiger partial charge in [0.05, 0.1) is 5.56 Å². The molecule has 2 atom stereocenters. The van der Waals surface area contributed by atoms with E-state index in [2.05, 4.69) is 24.8 Å². The second-order valence-electron chi connectivity index (χ2n) is 8.15. The Morgan fingerprint density at radius 3 is 2.42 bits per heavy atom. The van der Waals surface area contributed by atoms with Gasteiger partial charge in [0.25, 0.3) is 0 Å². The fourth-order valence-corrected chi connectivity index (χ4v) is 3.84. The van der Waals surface area contributed by atoms with E-state index >= 15 is 0 Å². The quantitative estimate of drug-likeness (QED) is 0.646. The van der Waals surface area contributed by atoms with Crippen LogP contribution in [0.25, 0.3) is 0 Å². The summed E-state index contributed by atoms with van der Waals surface area (Å²) in [5.74, 6) is 1.20. The maximum Gasteiger partial charge on any atom is 0.416 e. The first kappa shape index (κ1) is 23.4. The van der Waals surface area contributed by atoms with Crippen molar-refractivity contribution in [1.82, 2.24) is 4.90 Å². The number of piperazine rings is 1. The predicted octanol–water partition coefficient (Wildman–Crippen LogP) is 4.78. The molecule has 1 N–H and O–H groups in total.